The van der Waals surface area contributed by atoms with Gasteiger partial charge in [0, 0.05) is 17.6 Å². The van der Waals surface area contributed by atoms with Gasteiger partial charge in [0.25, 0.3) is 0 Å². The van der Waals surface area contributed by atoms with Gasteiger partial charge in [-0.2, -0.15) is 0 Å². The standard InChI is InChI=1S/C11H24N2/c1-10(2,3)12-9-11(13(4)5)7-6-8-11/h12H,6-9H2,1-5H3. The Hall–Kier alpha value is -0.0800. The quantitative estimate of drug-likeness (QED) is 0.720. The molecule has 0 aliphatic heterocycles. The molecule has 0 aromatic heterocycles. The molecule has 0 atom stereocenters. The molecule has 1 aliphatic carbocycles. The minimum atomic E-state index is 0.249. The second-order valence-electron chi connectivity index (χ2n) is 5.58. The van der Waals surface area contributed by atoms with Gasteiger partial charge in [0.1, 0.15) is 0 Å². The Morgan fingerprint density at radius 2 is 1.77 bits per heavy atom. The first-order valence-corrected chi connectivity index (χ1v) is 5.28. The lowest BCUT2D eigenvalue weighted by Crippen LogP contribution is -2.58. The number of hydrogen-bond donors (Lipinski definition) is 1. The molecule has 1 rings (SSSR count). The van der Waals surface area contributed by atoms with Gasteiger partial charge in [-0.3, -0.25) is 0 Å². The predicted molar refractivity (Wildman–Crippen MR) is 58.0 cm³/mol. The first-order valence-electron chi connectivity index (χ1n) is 5.28. The van der Waals surface area contributed by atoms with E-state index in [1.54, 1.807) is 0 Å². The van der Waals surface area contributed by atoms with Crippen molar-refractivity contribution in [2.24, 2.45) is 0 Å². The lowest BCUT2D eigenvalue weighted by atomic mass is 9.75. The molecule has 78 valence electrons. The molecular weight excluding hydrogens is 160 g/mol. The first-order chi connectivity index (χ1) is 5.86. The molecule has 1 saturated carbocycles. The average molecular weight is 184 g/mol. The average Bonchev–Trinajstić information content (AvgIpc) is 1.80. The molecule has 0 unspecified atom stereocenters. The Kier molecular flexibility index (Phi) is 3.03. The highest BCUT2D eigenvalue weighted by Gasteiger charge is 2.39. The number of nitrogens with zero attached hydrogens (tertiary/aromatic N) is 1. The maximum absolute atomic E-state index is 3.60. The minimum Gasteiger partial charge on any atom is -0.310 e. The van der Waals surface area contributed by atoms with Gasteiger partial charge in [-0.05, 0) is 54.1 Å². The van der Waals surface area contributed by atoms with Crippen molar-refractivity contribution in [3.05, 3.63) is 0 Å². The van der Waals surface area contributed by atoms with Gasteiger partial charge in [-0.15, -0.1) is 0 Å². The Balaban J connectivity index is 2.41. The summed E-state index contributed by atoms with van der Waals surface area (Å²) in [5.41, 5.74) is 0.700. The molecule has 1 N–H and O–H groups in total. The minimum absolute atomic E-state index is 0.249. The molecular formula is C11H24N2. The van der Waals surface area contributed by atoms with Crippen LogP contribution in [-0.4, -0.2) is 36.6 Å². The van der Waals surface area contributed by atoms with E-state index in [0.717, 1.165) is 6.54 Å². The highest BCUT2D eigenvalue weighted by atomic mass is 15.2. The monoisotopic (exact) mass is 184 g/mol. The lowest BCUT2D eigenvalue weighted by Gasteiger charge is -2.48. The highest BCUT2D eigenvalue weighted by Crippen LogP contribution is 2.35. The number of hydrogen-bond acceptors (Lipinski definition) is 2. The van der Waals surface area contributed by atoms with E-state index in [1.807, 2.05) is 0 Å². The predicted octanol–water partition coefficient (Wildman–Crippen LogP) is 1.86. The molecule has 0 amide bonds. The maximum Gasteiger partial charge on any atom is 0.0328 e. The number of likely N-dealkylation sites (N-methyl/N-ethyl adjacent to an activating group) is 1. The summed E-state index contributed by atoms with van der Waals surface area (Å²) in [6.07, 6.45) is 4.09. The van der Waals surface area contributed by atoms with E-state index in [4.69, 9.17) is 0 Å². The zero-order chi connectivity index (χ0) is 10.1. The zero-order valence-electron chi connectivity index (χ0n) is 9.78. The van der Waals surface area contributed by atoms with Crippen LogP contribution in [0.2, 0.25) is 0 Å². The highest BCUT2D eigenvalue weighted by molar-refractivity contribution is 4.98. The molecule has 2 heteroatoms. The van der Waals surface area contributed by atoms with Crippen LogP contribution in [0.4, 0.5) is 0 Å². The fourth-order valence-electron chi connectivity index (χ4n) is 1.80. The number of rotatable bonds is 3. The third-order valence-electron chi connectivity index (χ3n) is 3.18. The Labute approximate surface area is 82.7 Å². The first kappa shape index (κ1) is 11.0. The molecule has 0 heterocycles. The molecule has 0 bridgehead atoms. The lowest BCUT2D eigenvalue weighted by molar-refractivity contribution is 0.0537. The Morgan fingerprint density at radius 3 is 2.00 bits per heavy atom. The summed E-state index contributed by atoms with van der Waals surface area (Å²) in [5, 5.41) is 3.60. The van der Waals surface area contributed by atoms with Gasteiger partial charge >= 0.3 is 0 Å². The van der Waals surface area contributed by atoms with Crippen molar-refractivity contribution in [1.29, 1.82) is 0 Å². The van der Waals surface area contributed by atoms with E-state index in [-0.39, 0.29) is 5.54 Å². The summed E-state index contributed by atoms with van der Waals surface area (Å²) in [7, 11) is 4.40. The van der Waals surface area contributed by atoms with E-state index < -0.39 is 0 Å². The van der Waals surface area contributed by atoms with Crippen molar-refractivity contribution < 1.29 is 0 Å². The third kappa shape index (κ3) is 2.68. The SMILES string of the molecule is CN(C)C1(CNC(C)(C)C)CCC1. The van der Waals surface area contributed by atoms with Gasteiger partial charge in [0.2, 0.25) is 0 Å². The van der Waals surface area contributed by atoms with Crippen molar-refractivity contribution >= 4 is 0 Å². The van der Waals surface area contributed by atoms with Crippen molar-refractivity contribution in [3.63, 3.8) is 0 Å². The van der Waals surface area contributed by atoms with Gasteiger partial charge in [-0.25, -0.2) is 0 Å². The van der Waals surface area contributed by atoms with Crippen LogP contribution in [0.3, 0.4) is 0 Å². The topological polar surface area (TPSA) is 15.3 Å². The fraction of sp³-hybridized carbons (Fsp3) is 1.00. The molecule has 0 aromatic carbocycles. The van der Waals surface area contributed by atoms with Gasteiger partial charge in [0.15, 0.2) is 0 Å². The second kappa shape index (κ2) is 3.58. The third-order valence-corrected chi connectivity index (χ3v) is 3.18. The van der Waals surface area contributed by atoms with Crippen molar-refractivity contribution in [2.45, 2.75) is 51.1 Å². The van der Waals surface area contributed by atoms with E-state index >= 15 is 0 Å². The molecule has 13 heavy (non-hydrogen) atoms. The smallest absolute Gasteiger partial charge is 0.0328 e. The summed E-state index contributed by atoms with van der Waals surface area (Å²) in [6.45, 7) is 7.82. The Morgan fingerprint density at radius 1 is 1.23 bits per heavy atom. The Bertz CT molecular complexity index is 163. The normalized spacial score (nSPS) is 21.7. The number of nitrogens with one attached hydrogen (secondary N) is 1. The van der Waals surface area contributed by atoms with E-state index in [9.17, 15) is 0 Å². The van der Waals surface area contributed by atoms with E-state index in [2.05, 4.69) is 45.1 Å². The largest absolute Gasteiger partial charge is 0.310 e. The molecule has 0 radical (unpaired) electrons. The maximum atomic E-state index is 3.60. The zero-order valence-corrected chi connectivity index (χ0v) is 9.78. The molecule has 0 aromatic rings. The molecule has 1 fully saturated rings. The van der Waals surface area contributed by atoms with Crippen LogP contribution in [0.15, 0.2) is 0 Å². The van der Waals surface area contributed by atoms with Crippen LogP contribution in [0, 0.1) is 0 Å². The van der Waals surface area contributed by atoms with Crippen LogP contribution in [0.1, 0.15) is 40.0 Å². The van der Waals surface area contributed by atoms with E-state index in [1.165, 1.54) is 19.3 Å². The molecule has 0 spiro atoms. The van der Waals surface area contributed by atoms with Crippen molar-refractivity contribution in [2.75, 3.05) is 20.6 Å². The van der Waals surface area contributed by atoms with Crippen LogP contribution in [0.5, 0.6) is 0 Å². The van der Waals surface area contributed by atoms with Crippen LogP contribution in [0.25, 0.3) is 0 Å². The van der Waals surface area contributed by atoms with Crippen molar-refractivity contribution in [3.8, 4) is 0 Å². The van der Waals surface area contributed by atoms with Gasteiger partial charge < -0.3 is 10.2 Å². The summed E-state index contributed by atoms with van der Waals surface area (Å²) in [4.78, 5) is 2.38. The summed E-state index contributed by atoms with van der Waals surface area (Å²) in [5.74, 6) is 0. The molecule has 2 nitrogen and oxygen atoms in total. The van der Waals surface area contributed by atoms with Gasteiger partial charge in [0.05, 0.1) is 0 Å². The van der Waals surface area contributed by atoms with Crippen LogP contribution >= 0.6 is 0 Å². The molecule has 1 aliphatic rings. The van der Waals surface area contributed by atoms with E-state index in [0.29, 0.717) is 5.54 Å². The van der Waals surface area contributed by atoms with Crippen molar-refractivity contribution in [1.82, 2.24) is 10.2 Å². The summed E-state index contributed by atoms with van der Waals surface area (Å²) in [6, 6.07) is 0. The fourth-order valence-corrected chi connectivity index (χ4v) is 1.80. The van der Waals surface area contributed by atoms with Crippen LogP contribution in [-0.2, 0) is 0 Å². The summed E-state index contributed by atoms with van der Waals surface area (Å²) >= 11 is 0. The van der Waals surface area contributed by atoms with Gasteiger partial charge in [-0.1, -0.05) is 0 Å². The molecule has 0 saturated heterocycles. The second-order valence-corrected chi connectivity index (χ2v) is 5.58. The van der Waals surface area contributed by atoms with Crippen LogP contribution < -0.4 is 5.32 Å². The summed E-state index contributed by atoms with van der Waals surface area (Å²) < 4.78 is 0.